The molecule has 2 aromatic rings. The standard InChI is InChI=1S/C12H20N6/c1-3-18(4-2)7-5-6-13-12-11-10(8-16-17-12)14-9-15-11/h8-9H,3-7H2,1-2H3,(H,13,17)(H,14,15). The Hall–Kier alpha value is -1.69. The monoisotopic (exact) mass is 248 g/mol. The summed E-state index contributed by atoms with van der Waals surface area (Å²) in [5.41, 5.74) is 1.77. The van der Waals surface area contributed by atoms with Gasteiger partial charge in [-0.25, -0.2) is 4.98 Å². The second kappa shape index (κ2) is 6.30. The van der Waals surface area contributed by atoms with Gasteiger partial charge in [0.2, 0.25) is 0 Å². The van der Waals surface area contributed by atoms with Gasteiger partial charge in [0.15, 0.2) is 5.82 Å². The van der Waals surface area contributed by atoms with E-state index in [1.54, 1.807) is 12.5 Å². The zero-order valence-corrected chi connectivity index (χ0v) is 11.0. The van der Waals surface area contributed by atoms with Gasteiger partial charge < -0.3 is 15.2 Å². The highest BCUT2D eigenvalue weighted by Gasteiger charge is 2.05. The second-order valence-corrected chi connectivity index (χ2v) is 4.17. The number of rotatable bonds is 7. The van der Waals surface area contributed by atoms with Gasteiger partial charge in [-0.15, -0.1) is 5.10 Å². The molecule has 0 spiro atoms. The molecular weight excluding hydrogens is 228 g/mol. The van der Waals surface area contributed by atoms with Crippen molar-refractivity contribution in [3.05, 3.63) is 12.5 Å². The maximum atomic E-state index is 4.23. The fraction of sp³-hybridized carbons (Fsp3) is 0.583. The molecule has 2 N–H and O–H groups in total. The Labute approximate surface area is 107 Å². The van der Waals surface area contributed by atoms with Crippen molar-refractivity contribution in [2.75, 3.05) is 31.5 Å². The number of anilines is 1. The van der Waals surface area contributed by atoms with Crippen LogP contribution < -0.4 is 5.32 Å². The first-order valence-electron chi connectivity index (χ1n) is 6.46. The van der Waals surface area contributed by atoms with Crippen LogP contribution in [0.25, 0.3) is 11.0 Å². The summed E-state index contributed by atoms with van der Waals surface area (Å²) in [5.74, 6) is 0.758. The van der Waals surface area contributed by atoms with Crippen molar-refractivity contribution in [2.45, 2.75) is 20.3 Å². The summed E-state index contributed by atoms with van der Waals surface area (Å²) >= 11 is 0. The van der Waals surface area contributed by atoms with E-state index in [0.29, 0.717) is 0 Å². The Balaban J connectivity index is 1.85. The summed E-state index contributed by atoms with van der Waals surface area (Å²) < 4.78 is 0. The van der Waals surface area contributed by atoms with E-state index in [0.717, 1.165) is 49.5 Å². The van der Waals surface area contributed by atoms with Gasteiger partial charge in [-0.2, -0.15) is 5.10 Å². The van der Waals surface area contributed by atoms with Crippen LogP contribution >= 0.6 is 0 Å². The molecule has 0 amide bonds. The molecule has 0 fully saturated rings. The van der Waals surface area contributed by atoms with E-state index in [2.05, 4.69) is 44.2 Å². The van der Waals surface area contributed by atoms with Gasteiger partial charge in [-0.05, 0) is 26.1 Å². The van der Waals surface area contributed by atoms with E-state index in [-0.39, 0.29) is 0 Å². The van der Waals surface area contributed by atoms with Gasteiger partial charge in [-0.3, -0.25) is 0 Å². The van der Waals surface area contributed by atoms with Crippen molar-refractivity contribution < 1.29 is 0 Å². The van der Waals surface area contributed by atoms with Crippen LogP contribution in [0.5, 0.6) is 0 Å². The van der Waals surface area contributed by atoms with E-state index in [9.17, 15) is 0 Å². The van der Waals surface area contributed by atoms with Crippen LogP contribution in [0.2, 0.25) is 0 Å². The predicted molar refractivity (Wildman–Crippen MR) is 72.6 cm³/mol. The molecule has 0 bridgehead atoms. The average molecular weight is 248 g/mol. The average Bonchev–Trinajstić information content (AvgIpc) is 2.88. The summed E-state index contributed by atoms with van der Waals surface area (Å²) in [6.07, 6.45) is 4.43. The molecule has 0 saturated carbocycles. The first-order chi connectivity index (χ1) is 8.85. The van der Waals surface area contributed by atoms with E-state index in [1.807, 2.05) is 0 Å². The van der Waals surface area contributed by atoms with Gasteiger partial charge in [0.1, 0.15) is 5.52 Å². The minimum absolute atomic E-state index is 0.758. The number of fused-ring (bicyclic) bond motifs is 1. The maximum absolute atomic E-state index is 4.23. The Morgan fingerprint density at radius 1 is 1.33 bits per heavy atom. The largest absolute Gasteiger partial charge is 0.367 e. The number of aromatic amines is 1. The van der Waals surface area contributed by atoms with Gasteiger partial charge in [0.05, 0.1) is 18.0 Å². The molecule has 98 valence electrons. The van der Waals surface area contributed by atoms with Crippen LogP contribution in [0, 0.1) is 0 Å². The quantitative estimate of drug-likeness (QED) is 0.727. The van der Waals surface area contributed by atoms with Gasteiger partial charge in [-0.1, -0.05) is 13.8 Å². The summed E-state index contributed by atoms with van der Waals surface area (Å²) in [4.78, 5) is 9.66. The van der Waals surface area contributed by atoms with Crippen molar-refractivity contribution >= 4 is 16.9 Å². The molecule has 6 nitrogen and oxygen atoms in total. The minimum Gasteiger partial charge on any atom is -0.367 e. The highest BCUT2D eigenvalue weighted by Crippen LogP contribution is 2.14. The van der Waals surface area contributed by atoms with Crippen molar-refractivity contribution in [2.24, 2.45) is 0 Å². The van der Waals surface area contributed by atoms with Gasteiger partial charge in [0, 0.05) is 6.54 Å². The van der Waals surface area contributed by atoms with Crippen LogP contribution in [0.1, 0.15) is 20.3 Å². The van der Waals surface area contributed by atoms with Crippen LogP contribution in [-0.4, -0.2) is 51.2 Å². The molecular formula is C12H20N6. The van der Waals surface area contributed by atoms with E-state index >= 15 is 0 Å². The maximum Gasteiger partial charge on any atom is 0.176 e. The van der Waals surface area contributed by atoms with Crippen LogP contribution in [0.4, 0.5) is 5.82 Å². The SMILES string of the molecule is CCN(CC)CCCNc1nncc2[nH]cnc12. The molecule has 2 aromatic heterocycles. The van der Waals surface area contributed by atoms with E-state index < -0.39 is 0 Å². The molecule has 0 aliphatic carbocycles. The number of hydrogen-bond donors (Lipinski definition) is 2. The lowest BCUT2D eigenvalue weighted by Crippen LogP contribution is -2.25. The zero-order chi connectivity index (χ0) is 12.8. The summed E-state index contributed by atoms with van der Waals surface area (Å²) in [6, 6.07) is 0. The summed E-state index contributed by atoms with van der Waals surface area (Å²) in [7, 11) is 0. The Bertz CT molecular complexity index is 476. The van der Waals surface area contributed by atoms with Gasteiger partial charge >= 0.3 is 0 Å². The smallest absolute Gasteiger partial charge is 0.176 e. The summed E-state index contributed by atoms with van der Waals surface area (Å²) in [5, 5.41) is 11.3. The van der Waals surface area contributed by atoms with Crippen LogP contribution in [0.3, 0.4) is 0 Å². The molecule has 0 saturated heterocycles. The Morgan fingerprint density at radius 3 is 2.94 bits per heavy atom. The van der Waals surface area contributed by atoms with Crippen molar-refractivity contribution in [3.63, 3.8) is 0 Å². The Kier molecular flexibility index (Phi) is 4.46. The van der Waals surface area contributed by atoms with Crippen molar-refractivity contribution in [3.8, 4) is 0 Å². The lowest BCUT2D eigenvalue weighted by Gasteiger charge is -2.17. The topological polar surface area (TPSA) is 69.7 Å². The summed E-state index contributed by atoms with van der Waals surface area (Å²) in [6.45, 7) is 8.57. The molecule has 0 atom stereocenters. The van der Waals surface area contributed by atoms with Crippen molar-refractivity contribution in [1.82, 2.24) is 25.1 Å². The van der Waals surface area contributed by atoms with E-state index in [4.69, 9.17) is 0 Å². The first kappa shape index (κ1) is 12.8. The highest BCUT2D eigenvalue weighted by molar-refractivity contribution is 5.84. The molecule has 0 radical (unpaired) electrons. The molecule has 2 heterocycles. The molecule has 18 heavy (non-hydrogen) atoms. The molecule has 0 aliphatic rings. The van der Waals surface area contributed by atoms with Gasteiger partial charge in [0.25, 0.3) is 0 Å². The number of hydrogen-bond acceptors (Lipinski definition) is 5. The third-order valence-corrected chi connectivity index (χ3v) is 3.08. The number of aromatic nitrogens is 4. The number of imidazole rings is 1. The third-order valence-electron chi connectivity index (χ3n) is 3.08. The molecule has 0 unspecified atom stereocenters. The molecule has 6 heteroatoms. The molecule has 0 aliphatic heterocycles. The second-order valence-electron chi connectivity index (χ2n) is 4.17. The molecule has 2 rings (SSSR count). The highest BCUT2D eigenvalue weighted by atomic mass is 15.2. The fourth-order valence-electron chi connectivity index (χ4n) is 1.95. The zero-order valence-electron chi connectivity index (χ0n) is 11.0. The first-order valence-corrected chi connectivity index (χ1v) is 6.46. The Morgan fingerprint density at radius 2 is 2.17 bits per heavy atom. The minimum atomic E-state index is 0.758. The van der Waals surface area contributed by atoms with Crippen molar-refractivity contribution in [1.29, 1.82) is 0 Å². The van der Waals surface area contributed by atoms with Crippen LogP contribution in [-0.2, 0) is 0 Å². The lowest BCUT2D eigenvalue weighted by molar-refractivity contribution is 0.303. The number of nitrogens with zero attached hydrogens (tertiary/aromatic N) is 4. The predicted octanol–water partition coefficient (Wildman–Crippen LogP) is 1.50. The van der Waals surface area contributed by atoms with Crippen LogP contribution in [0.15, 0.2) is 12.5 Å². The number of H-pyrrole nitrogens is 1. The normalized spacial score (nSPS) is 11.3. The van der Waals surface area contributed by atoms with E-state index in [1.165, 1.54) is 0 Å². The molecule has 0 aromatic carbocycles. The lowest BCUT2D eigenvalue weighted by atomic mass is 10.3. The third kappa shape index (κ3) is 2.95. The fourth-order valence-corrected chi connectivity index (χ4v) is 1.95. The number of nitrogens with one attached hydrogen (secondary N) is 2.